The summed E-state index contributed by atoms with van der Waals surface area (Å²) in [5.74, 6) is 0.608. The number of pyridine rings is 1. The molecule has 0 bridgehead atoms. The zero-order valence-corrected chi connectivity index (χ0v) is 19.1. The topological polar surface area (TPSA) is 40.6 Å². The lowest BCUT2D eigenvalue weighted by atomic mass is 9.77. The van der Waals surface area contributed by atoms with E-state index in [1.54, 1.807) is 6.20 Å². The van der Waals surface area contributed by atoms with E-state index in [1.807, 2.05) is 71.0 Å². The van der Waals surface area contributed by atoms with Crippen molar-refractivity contribution < 1.29 is 14.0 Å². The van der Waals surface area contributed by atoms with E-state index in [-0.39, 0.29) is 11.2 Å². The normalized spacial score (nSPS) is 16.2. The molecule has 2 aromatic rings. The Balaban J connectivity index is 0.000000771. The van der Waals surface area contributed by atoms with Crippen LogP contribution in [-0.4, -0.2) is 23.3 Å². The third-order valence-corrected chi connectivity index (χ3v) is 4.86. The quantitative estimate of drug-likeness (QED) is 0.506. The minimum atomic E-state index is -0.398. The summed E-state index contributed by atoms with van der Waals surface area (Å²) in [4.78, 5) is 4.41. The Bertz CT molecular complexity index is 731. The van der Waals surface area contributed by atoms with E-state index in [1.165, 1.54) is 6.42 Å². The molecule has 4 nitrogen and oxygen atoms in total. The molecule has 158 valence electrons. The lowest BCUT2D eigenvalue weighted by molar-refractivity contribution is 0.00578. The van der Waals surface area contributed by atoms with Gasteiger partial charge in [0.1, 0.15) is 6.61 Å². The third-order valence-electron chi connectivity index (χ3n) is 4.86. The van der Waals surface area contributed by atoms with Crippen LogP contribution in [0.5, 0.6) is 5.88 Å². The van der Waals surface area contributed by atoms with Crippen LogP contribution in [0, 0.1) is 6.92 Å². The van der Waals surface area contributed by atoms with Gasteiger partial charge in [-0.15, -0.1) is 13.2 Å². The number of benzene rings is 1. The number of aryl methyl sites for hydroxylation is 1. The molecule has 0 spiro atoms. The van der Waals surface area contributed by atoms with E-state index in [4.69, 9.17) is 14.0 Å². The molecule has 1 fully saturated rings. The summed E-state index contributed by atoms with van der Waals surface area (Å²) in [5, 5.41) is 0. The van der Waals surface area contributed by atoms with Gasteiger partial charge in [-0.25, -0.2) is 4.98 Å². The summed E-state index contributed by atoms with van der Waals surface area (Å²) >= 11 is 0. The molecule has 1 saturated heterocycles. The maximum Gasteiger partial charge on any atom is 0.496 e. The Kier molecular flexibility index (Phi) is 9.61. The average Bonchev–Trinajstić information content (AvgIpc) is 2.90. The highest BCUT2D eigenvalue weighted by molar-refractivity contribution is 6.62. The van der Waals surface area contributed by atoms with Crippen molar-refractivity contribution in [3.63, 3.8) is 0 Å². The highest BCUT2D eigenvalue weighted by atomic mass is 16.7. The maximum atomic E-state index is 6.10. The predicted octanol–water partition coefficient (Wildman–Crippen LogP) is 5.49. The lowest BCUT2D eigenvalue weighted by Gasteiger charge is -2.32. The van der Waals surface area contributed by atoms with Gasteiger partial charge in [-0.3, -0.25) is 0 Å². The Hall–Kier alpha value is -2.11. The standard InChI is InChI=1S/C19H24BNO3.C3H8.C2H4/c1-14-11-17(22-13-15-9-7-6-8-10-15)21-12-16(14)20-23-18(2,3)19(4,5)24-20;1-3-2;1-2/h6-12H,13H2,1-5H3;3H2,1-2H3;1-2H2. The highest BCUT2D eigenvalue weighted by Crippen LogP contribution is 2.36. The van der Waals surface area contributed by atoms with Crippen LogP contribution in [-0.2, 0) is 15.9 Å². The fourth-order valence-electron chi connectivity index (χ4n) is 2.57. The number of aromatic nitrogens is 1. The van der Waals surface area contributed by atoms with Gasteiger partial charge in [-0.1, -0.05) is 50.6 Å². The van der Waals surface area contributed by atoms with E-state index < -0.39 is 7.12 Å². The molecule has 5 heteroatoms. The molecule has 1 aliphatic heterocycles. The van der Waals surface area contributed by atoms with Gasteiger partial charge in [0.2, 0.25) is 5.88 Å². The molecule has 1 aromatic heterocycles. The number of hydrogen-bond acceptors (Lipinski definition) is 4. The monoisotopic (exact) mass is 397 g/mol. The van der Waals surface area contributed by atoms with Gasteiger partial charge in [0.25, 0.3) is 0 Å². The number of ether oxygens (including phenoxy) is 1. The van der Waals surface area contributed by atoms with E-state index in [0.717, 1.165) is 16.6 Å². The fraction of sp³-hybridized carbons (Fsp3) is 0.458. The third kappa shape index (κ3) is 6.72. The van der Waals surface area contributed by atoms with Crippen molar-refractivity contribution >= 4 is 12.6 Å². The summed E-state index contributed by atoms with van der Waals surface area (Å²) < 4.78 is 18.0. The number of nitrogens with zero attached hydrogens (tertiary/aromatic N) is 1. The molecule has 0 N–H and O–H groups in total. The van der Waals surface area contributed by atoms with Crippen molar-refractivity contribution in [1.29, 1.82) is 0 Å². The summed E-state index contributed by atoms with van der Waals surface area (Å²) in [6.07, 6.45) is 3.04. The van der Waals surface area contributed by atoms with E-state index in [0.29, 0.717) is 12.5 Å². The molecular formula is C24H36BNO3. The number of rotatable bonds is 4. The van der Waals surface area contributed by atoms with Crippen LogP contribution in [0.1, 0.15) is 59.1 Å². The Labute approximate surface area is 177 Å². The zero-order valence-electron chi connectivity index (χ0n) is 19.1. The second kappa shape index (κ2) is 11.2. The van der Waals surface area contributed by atoms with Crippen molar-refractivity contribution in [3.05, 3.63) is 66.9 Å². The zero-order chi connectivity index (χ0) is 22.1. The first-order valence-corrected chi connectivity index (χ1v) is 10.2. The summed E-state index contributed by atoms with van der Waals surface area (Å²) in [5.41, 5.74) is 2.40. The second-order valence-corrected chi connectivity index (χ2v) is 7.95. The molecule has 0 saturated carbocycles. The van der Waals surface area contributed by atoms with E-state index >= 15 is 0 Å². The molecule has 0 atom stereocenters. The van der Waals surface area contributed by atoms with Crippen LogP contribution in [0.25, 0.3) is 0 Å². The van der Waals surface area contributed by atoms with Gasteiger partial charge in [0, 0.05) is 17.7 Å². The van der Waals surface area contributed by atoms with Gasteiger partial charge >= 0.3 is 7.12 Å². The molecule has 1 aliphatic rings. The van der Waals surface area contributed by atoms with Crippen molar-refractivity contribution in [2.75, 3.05) is 0 Å². The van der Waals surface area contributed by atoms with Gasteiger partial charge in [0.15, 0.2) is 0 Å². The summed E-state index contributed by atoms with van der Waals surface area (Å²) in [6, 6.07) is 12.0. The van der Waals surface area contributed by atoms with E-state index in [2.05, 4.69) is 32.0 Å². The highest BCUT2D eigenvalue weighted by Gasteiger charge is 2.52. The first kappa shape index (κ1) is 24.9. The summed E-state index contributed by atoms with van der Waals surface area (Å²) in [7, 11) is -0.398. The molecule has 1 aromatic carbocycles. The van der Waals surface area contributed by atoms with Crippen molar-refractivity contribution in [1.82, 2.24) is 4.98 Å². The summed E-state index contributed by atoms with van der Waals surface area (Å²) in [6.45, 7) is 21.0. The molecule has 3 rings (SSSR count). The van der Waals surface area contributed by atoms with Crippen LogP contribution in [0.2, 0.25) is 0 Å². The van der Waals surface area contributed by atoms with E-state index in [9.17, 15) is 0 Å². The second-order valence-electron chi connectivity index (χ2n) is 7.95. The smallest absolute Gasteiger partial charge is 0.473 e. The first-order chi connectivity index (χ1) is 13.7. The van der Waals surface area contributed by atoms with Crippen LogP contribution in [0.4, 0.5) is 0 Å². The predicted molar refractivity (Wildman–Crippen MR) is 123 cm³/mol. The molecule has 0 unspecified atom stereocenters. The van der Waals surface area contributed by atoms with Gasteiger partial charge < -0.3 is 14.0 Å². The fourth-order valence-corrected chi connectivity index (χ4v) is 2.57. The Morgan fingerprint density at radius 1 is 1.00 bits per heavy atom. The van der Waals surface area contributed by atoms with Crippen molar-refractivity contribution in [2.45, 2.75) is 72.7 Å². The molecular weight excluding hydrogens is 361 g/mol. The molecule has 29 heavy (non-hydrogen) atoms. The van der Waals surface area contributed by atoms with Crippen molar-refractivity contribution in [3.8, 4) is 5.88 Å². The van der Waals surface area contributed by atoms with Crippen LogP contribution >= 0.6 is 0 Å². The van der Waals surface area contributed by atoms with Gasteiger partial charge in [-0.2, -0.15) is 0 Å². The molecule has 0 radical (unpaired) electrons. The minimum Gasteiger partial charge on any atom is -0.473 e. The average molecular weight is 397 g/mol. The first-order valence-electron chi connectivity index (χ1n) is 10.2. The van der Waals surface area contributed by atoms with Crippen molar-refractivity contribution in [2.24, 2.45) is 0 Å². The maximum absolute atomic E-state index is 6.10. The SMILES string of the molecule is C=C.CCC.Cc1cc(OCc2ccccc2)ncc1B1OC(C)(C)C(C)(C)O1. The Morgan fingerprint density at radius 2 is 1.52 bits per heavy atom. The van der Waals surface area contributed by atoms with Crippen LogP contribution < -0.4 is 10.2 Å². The molecule has 0 amide bonds. The number of hydrogen-bond donors (Lipinski definition) is 0. The van der Waals surface area contributed by atoms with Gasteiger partial charge in [-0.05, 0) is 45.7 Å². The van der Waals surface area contributed by atoms with Crippen LogP contribution in [0.15, 0.2) is 55.8 Å². The molecule has 0 aliphatic carbocycles. The lowest BCUT2D eigenvalue weighted by Crippen LogP contribution is -2.41. The molecule has 2 heterocycles. The van der Waals surface area contributed by atoms with Crippen LogP contribution in [0.3, 0.4) is 0 Å². The van der Waals surface area contributed by atoms with Gasteiger partial charge in [0.05, 0.1) is 11.2 Å². The Morgan fingerprint density at radius 3 is 2.00 bits per heavy atom. The largest absolute Gasteiger partial charge is 0.496 e. The minimum absolute atomic E-state index is 0.355.